The zero-order valence-corrected chi connectivity index (χ0v) is 6.75. The molecule has 1 aliphatic rings. The van der Waals surface area contributed by atoms with E-state index in [1.807, 2.05) is 6.92 Å². The summed E-state index contributed by atoms with van der Waals surface area (Å²) in [6.45, 7) is 2.05. The van der Waals surface area contributed by atoms with Gasteiger partial charge in [0.25, 0.3) is 0 Å². The van der Waals surface area contributed by atoms with Crippen LogP contribution in [-0.4, -0.2) is 11.0 Å². The van der Waals surface area contributed by atoms with E-state index >= 15 is 0 Å². The van der Waals surface area contributed by atoms with Crippen LogP contribution < -0.4 is 0 Å². The van der Waals surface area contributed by atoms with Gasteiger partial charge >= 0.3 is 0 Å². The van der Waals surface area contributed by atoms with Crippen molar-refractivity contribution in [3.8, 4) is 0 Å². The number of hydrogen-bond acceptors (Lipinski definition) is 2. The number of rotatable bonds is 2. The van der Waals surface area contributed by atoms with Crippen LogP contribution in [0.15, 0.2) is 11.6 Å². The van der Waals surface area contributed by atoms with Crippen LogP contribution in [0.2, 0.25) is 0 Å². The highest BCUT2D eigenvalue weighted by Crippen LogP contribution is 2.21. The molecule has 62 valence electrons. The molecule has 0 radical (unpaired) electrons. The molecule has 0 aliphatic heterocycles. The molecule has 1 aliphatic carbocycles. The third kappa shape index (κ3) is 2.03. The van der Waals surface area contributed by atoms with Gasteiger partial charge in [0.2, 0.25) is 6.04 Å². The van der Waals surface area contributed by atoms with Crippen LogP contribution in [0.1, 0.15) is 32.6 Å². The maximum absolute atomic E-state index is 10.4. The predicted molar refractivity (Wildman–Crippen MR) is 43.0 cm³/mol. The maximum atomic E-state index is 10.4. The van der Waals surface area contributed by atoms with Gasteiger partial charge in [0, 0.05) is 17.8 Å². The molecule has 3 heteroatoms. The lowest BCUT2D eigenvalue weighted by Crippen LogP contribution is -2.22. The van der Waals surface area contributed by atoms with E-state index in [4.69, 9.17) is 0 Å². The Morgan fingerprint density at radius 2 is 2.55 bits per heavy atom. The van der Waals surface area contributed by atoms with Crippen molar-refractivity contribution >= 4 is 0 Å². The lowest BCUT2D eigenvalue weighted by Gasteiger charge is -2.14. The van der Waals surface area contributed by atoms with E-state index < -0.39 is 0 Å². The van der Waals surface area contributed by atoms with Crippen molar-refractivity contribution in [3.63, 3.8) is 0 Å². The molecule has 1 rings (SSSR count). The Balaban J connectivity index is 2.53. The Kier molecular flexibility index (Phi) is 2.63. The zero-order chi connectivity index (χ0) is 8.27. The second kappa shape index (κ2) is 3.51. The summed E-state index contributed by atoms with van der Waals surface area (Å²) < 4.78 is 0. The van der Waals surface area contributed by atoms with Gasteiger partial charge in [-0.3, -0.25) is 10.1 Å². The van der Waals surface area contributed by atoms with E-state index in [0.29, 0.717) is 6.42 Å². The third-order valence-corrected chi connectivity index (χ3v) is 2.18. The molecule has 1 unspecified atom stereocenters. The Hall–Kier alpha value is -0.860. The van der Waals surface area contributed by atoms with E-state index in [2.05, 4.69) is 6.08 Å². The first-order valence-corrected chi connectivity index (χ1v) is 4.05. The van der Waals surface area contributed by atoms with Crippen LogP contribution in [-0.2, 0) is 0 Å². The average molecular weight is 155 g/mol. The molecule has 11 heavy (non-hydrogen) atoms. The highest BCUT2D eigenvalue weighted by Gasteiger charge is 2.23. The molecular weight excluding hydrogens is 142 g/mol. The molecule has 0 aromatic carbocycles. The largest absolute Gasteiger partial charge is 0.264 e. The summed E-state index contributed by atoms with van der Waals surface area (Å²) >= 11 is 0. The molecule has 0 heterocycles. The van der Waals surface area contributed by atoms with Gasteiger partial charge in [-0.15, -0.1) is 0 Å². The van der Waals surface area contributed by atoms with Crippen molar-refractivity contribution in [2.24, 2.45) is 0 Å². The monoisotopic (exact) mass is 155 g/mol. The molecule has 0 aromatic rings. The normalized spacial score (nSPS) is 24.5. The molecule has 0 aromatic heterocycles. The number of allylic oxidation sites excluding steroid dienone is 1. The first-order valence-electron chi connectivity index (χ1n) is 4.05. The standard InChI is InChI=1S/C8H13NO2/c1-2-7-4-3-5-8(6-7)9(10)11/h4,8H,2-3,5-6H2,1H3. The molecule has 0 saturated heterocycles. The fraction of sp³-hybridized carbons (Fsp3) is 0.750. The van der Waals surface area contributed by atoms with Crippen LogP contribution >= 0.6 is 0 Å². The van der Waals surface area contributed by atoms with E-state index in [1.165, 1.54) is 5.57 Å². The average Bonchev–Trinajstić information content (AvgIpc) is 2.05. The SMILES string of the molecule is CCC1=CCCC([N+](=O)[O-])C1. The summed E-state index contributed by atoms with van der Waals surface area (Å²) in [5.74, 6) is 0. The molecule has 1 atom stereocenters. The summed E-state index contributed by atoms with van der Waals surface area (Å²) in [7, 11) is 0. The molecule has 0 saturated carbocycles. The Labute approximate surface area is 66.3 Å². The predicted octanol–water partition coefficient (Wildman–Crippen LogP) is 2.15. The van der Waals surface area contributed by atoms with Gasteiger partial charge in [-0.2, -0.15) is 0 Å². The minimum Gasteiger partial charge on any atom is -0.264 e. The van der Waals surface area contributed by atoms with Crippen LogP contribution in [0, 0.1) is 10.1 Å². The van der Waals surface area contributed by atoms with Crippen LogP contribution in [0.25, 0.3) is 0 Å². The van der Waals surface area contributed by atoms with Crippen molar-refractivity contribution in [1.82, 2.24) is 0 Å². The summed E-state index contributed by atoms with van der Waals surface area (Å²) in [5.41, 5.74) is 1.25. The van der Waals surface area contributed by atoms with Crippen LogP contribution in [0.4, 0.5) is 0 Å². The Morgan fingerprint density at radius 1 is 1.82 bits per heavy atom. The molecule has 0 fully saturated rings. The lowest BCUT2D eigenvalue weighted by atomic mass is 9.94. The number of nitrogens with zero attached hydrogens (tertiary/aromatic N) is 1. The van der Waals surface area contributed by atoms with Gasteiger partial charge in [0.15, 0.2) is 0 Å². The van der Waals surface area contributed by atoms with Gasteiger partial charge in [-0.1, -0.05) is 18.6 Å². The second-order valence-corrected chi connectivity index (χ2v) is 2.94. The quantitative estimate of drug-likeness (QED) is 0.348. The van der Waals surface area contributed by atoms with E-state index in [-0.39, 0.29) is 11.0 Å². The minimum absolute atomic E-state index is 0.150. The van der Waals surface area contributed by atoms with Gasteiger partial charge in [0.05, 0.1) is 0 Å². The van der Waals surface area contributed by atoms with Gasteiger partial charge in [0.1, 0.15) is 0 Å². The van der Waals surface area contributed by atoms with Crippen LogP contribution in [0.3, 0.4) is 0 Å². The van der Waals surface area contributed by atoms with E-state index in [9.17, 15) is 10.1 Å². The first kappa shape index (κ1) is 8.24. The molecule has 0 spiro atoms. The smallest absolute Gasteiger partial charge is 0.217 e. The summed E-state index contributed by atoms with van der Waals surface area (Å²) in [4.78, 5) is 10.2. The molecule has 0 N–H and O–H groups in total. The minimum atomic E-state index is -0.310. The zero-order valence-electron chi connectivity index (χ0n) is 6.75. The summed E-state index contributed by atoms with van der Waals surface area (Å²) in [5, 5.41) is 10.4. The fourth-order valence-corrected chi connectivity index (χ4v) is 1.44. The molecule has 3 nitrogen and oxygen atoms in total. The van der Waals surface area contributed by atoms with Gasteiger partial charge in [-0.25, -0.2) is 0 Å². The number of nitro groups is 1. The third-order valence-electron chi connectivity index (χ3n) is 2.18. The highest BCUT2D eigenvalue weighted by molar-refractivity contribution is 5.06. The van der Waals surface area contributed by atoms with Gasteiger partial charge < -0.3 is 0 Å². The second-order valence-electron chi connectivity index (χ2n) is 2.94. The van der Waals surface area contributed by atoms with E-state index in [0.717, 1.165) is 19.3 Å². The fourth-order valence-electron chi connectivity index (χ4n) is 1.44. The topological polar surface area (TPSA) is 43.1 Å². The van der Waals surface area contributed by atoms with Gasteiger partial charge in [-0.05, 0) is 12.8 Å². The lowest BCUT2D eigenvalue weighted by molar-refractivity contribution is -0.523. The van der Waals surface area contributed by atoms with Crippen LogP contribution in [0.5, 0.6) is 0 Å². The van der Waals surface area contributed by atoms with E-state index in [1.54, 1.807) is 0 Å². The molecule has 0 bridgehead atoms. The molecular formula is C8H13NO2. The molecule has 0 amide bonds. The Morgan fingerprint density at radius 3 is 3.09 bits per heavy atom. The van der Waals surface area contributed by atoms with Crippen molar-refractivity contribution in [1.29, 1.82) is 0 Å². The van der Waals surface area contributed by atoms with Crippen molar-refractivity contribution in [3.05, 3.63) is 21.8 Å². The first-order chi connectivity index (χ1) is 5.24. The highest BCUT2D eigenvalue weighted by atomic mass is 16.6. The number of hydrogen-bond donors (Lipinski definition) is 0. The maximum Gasteiger partial charge on any atom is 0.217 e. The van der Waals surface area contributed by atoms with Crippen molar-refractivity contribution in [2.75, 3.05) is 0 Å². The van der Waals surface area contributed by atoms with Crippen molar-refractivity contribution in [2.45, 2.75) is 38.6 Å². The van der Waals surface area contributed by atoms with Crippen molar-refractivity contribution < 1.29 is 4.92 Å². The summed E-state index contributed by atoms with van der Waals surface area (Å²) in [6.07, 6.45) is 5.37. The Bertz CT molecular complexity index is 187. The summed E-state index contributed by atoms with van der Waals surface area (Å²) in [6, 6.07) is -0.310.